The fraction of sp³-hybridized carbons (Fsp3) is 0.257. The number of hydrogen-bond acceptors (Lipinski definition) is 4. The lowest BCUT2D eigenvalue weighted by Crippen LogP contribution is -2.56. The van der Waals surface area contributed by atoms with Gasteiger partial charge in [-0.25, -0.2) is 8.42 Å². The summed E-state index contributed by atoms with van der Waals surface area (Å²) in [6.07, 6.45) is 0.251. The Hall–Kier alpha value is -3.95. The summed E-state index contributed by atoms with van der Waals surface area (Å²) in [7, 11) is -4.13. The lowest BCUT2D eigenvalue weighted by Gasteiger charge is -2.35. The van der Waals surface area contributed by atoms with E-state index in [1.54, 1.807) is 54.6 Å². The maximum absolute atomic E-state index is 14.5. The molecule has 0 aliphatic carbocycles. The summed E-state index contributed by atoms with van der Waals surface area (Å²) in [5.41, 5.74) is 2.39. The summed E-state index contributed by atoms with van der Waals surface area (Å²) in [5.74, 6) is -0.822. The molecule has 0 heterocycles. The minimum absolute atomic E-state index is 0.0746. The number of nitrogens with zero attached hydrogens (tertiary/aromatic N) is 2. The summed E-state index contributed by atoms with van der Waals surface area (Å²) >= 11 is 3.46. The molecule has 44 heavy (non-hydrogen) atoms. The van der Waals surface area contributed by atoms with Crippen LogP contribution in [0.1, 0.15) is 37.5 Å². The lowest BCUT2D eigenvalue weighted by molar-refractivity contribution is -0.140. The van der Waals surface area contributed by atoms with Crippen LogP contribution >= 0.6 is 15.9 Å². The van der Waals surface area contributed by atoms with Crippen molar-refractivity contribution in [1.82, 2.24) is 10.2 Å². The molecule has 9 heteroatoms. The van der Waals surface area contributed by atoms with Crippen LogP contribution in [0.4, 0.5) is 5.69 Å². The SMILES string of the molecule is Cc1ccc(S(=O)(=O)N(CC(=O)N(Cc2ccc(Br)cc2)C(Cc2ccccc2)C(=O)NC(C)(C)C)c2ccccc2)cc1. The van der Waals surface area contributed by atoms with Gasteiger partial charge in [0.2, 0.25) is 11.8 Å². The maximum atomic E-state index is 14.5. The van der Waals surface area contributed by atoms with Crippen molar-refractivity contribution in [1.29, 1.82) is 0 Å². The van der Waals surface area contributed by atoms with E-state index in [-0.39, 0.29) is 23.8 Å². The molecule has 4 aromatic carbocycles. The predicted molar refractivity (Wildman–Crippen MR) is 179 cm³/mol. The molecule has 0 bridgehead atoms. The second kappa shape index (κ2) is 14.2. The Kier molecular flexibility index (Phi) is 10.7. The van der Waals surface area contributed by atoms with Gasteiger partial charge in [0.1, 0.15) is 12.6 Å². The predicted octanol–water partition coefficient (Wildman–Crippen LogP) is 6.51. The van der Waals surface area contributed by atoms with Crippen molar-refractivity contribution in [2.24, 2.45) is 0 Å². The zero-order valence-corrected chi connectivity index (χ0v) is 27.8. The molecular weight excluding hydrogens is 638 g/mol. The molecule has 1 atom stereocenters. The van der Waals surface area contributed by atoms with Gasteiger partial charge in [-0.2, -0.15) is 0 Å². The van der Waals surface area contributed by atoms with E-state index in [0.29, 0.717) is 5.69 Å². The second-order valence-electron chi connectivity index (χ2n) is 11.8. The van der Waals surface area contributed by atoms with Gasteiger partial charge in [-0.3, -0.25) is 13.9 Å². The monoisotopic (exact) mass is 675 g/mol. The highest BCUT2D eigenvalue weighted by atomic mass is 79.9. The molecule has 0 aliphatic rings. The molecule has 0 fully saturated rings. The van der Waals surface area contributed by atoms with Gasteiger partial charge in [0.05, 0.1) is 10.6 Å². The Morgan fingerprint density at radius 1 is 0.795 bits per heavy atom. The first-order valence-electron chi connectivity index (χ1n) is 14.4. The topological polar surface area (TPSA) is 86.8 Å². The van der Waals surface area contributed by atoms with E-state index in [0.717, 1.165) is 25.5 Å². The van der Waals surface area contributed by atoms with Gasteiger partial charge in [-0.05, 0) is 75.2 Å². The summed E-state index contributed by atoms with van der Waals surface area (Å²) in [5, 5.41) is 3.04. The Morgan fingerprint density at radius 2 is 1.36 bits per heavy atom. The Bertz CT molecular complexity index is 1660. The molecule has 0 saturated heterocycles. The maximum Gasteiger partial charge on any atom is 0.264 e. The summed E-state index contributed by atoms with van der Waals surface area (Å²) < 4.78 is 30.1. The van der Waals surface area contributed by atoms with Crippen LogP contribution in [0.3, 0.4) is 0 Å². The average Bonchev–Trinajstić information content (AvgIpc) is 2.98. The van der Waals surface area contributed by atoms with Gasteiger partial charge < -0.3 is 10.2 Å². The van der Waals surface area contributed by atoms with Crippen LogP contribution in [0.2, 0.25) is 0 Å². The number of carbonyl (C=O) groups excluding carboxylic acids is 2. The van der Waals surface area contributed by atoms with E-state index in [1.165, 1.54) is 4.90 Å². The first kappa shape index (κ1) is 33.0. The van der Waals surface area contributed by atoms with Crippen LogP contribution in [-0.2, 0) is 32.6 Å². The number of para-hydroxylation sites is 1. The van der Waals surface area contributed by atoms with E-state index in [1.807, 2.05) is 82.3 Å². The van der Waals surface area contributed by atoms with Gasteiger partial charge in [0, 0.05) is 23.0 Å². The largest absolute Gasteiger partial charge is 0.350 e. The Labute approximate surface area is 269 Å². The first-order chi connectivity index (χ1) is 20.8. The van der Waals surface area contributed by atoms with Gasteiger partial charge in [0.25, 0.3) is 10.0 Å². The highest BCUT2D eigenvalue weighted by Gasteiger charge is 2.35. The van der Waals surface area contributed by atoms with Gasteiger partial charge >= 0.3 is 0 Å². The molecule has 2 amide bonds. The Morgan fingerprint density at radius 3 is 1.93 bits per heavy atom. The number of rotatable bonds is 11. The van der Waals surface area contributed by atoms with Crippen molar-refractivity contribution in [2.75, 3.05) is 10.8 Å². The van der Waals surface area contributed by atoms with E-state index in [4.69, 9.17) is 0 Å². The minimum Gasteiger partial charge on any atom is -0.350 e. The van der Waals surface area contributed by atoms with Crippen molar-refractivity contribution >= 4 is 43.5 Å². The highest BCUT2D eigenvalue weighted by Crippen LogP contribution is 2.25. The lowest BCUT2D eigenvalue weighted by atomic mass is 10.0. The van der Waals surface area contributed by atoms with Crippen LogP contribution in [-0.4, -0.2) is 43.3 Å². The molecule has 0 aliphatic heterocycles. The third-order valence-corrected chi connectivity index (χ3v) is 9.28. The zero-order chi connectivity index (χ0) is 31.9. The van der Waals surface area contributed by atoms with Crippen molar-refractivity contribution < 1.29 is 18.0 Å². The summed E-state index contributed by atoms with van der Waals surface area (Å²) in [4.78, 5) is 30.0. The number of benzene rings is 4. The number of nitrogens with one attached hydrogen (secondary N) is 1. The highest BCUT2D eigenvalue weighted by molar-refractivity contribution is 9.10. The van der Waals surface area contributed by atoms with Gasteiger partial charge in [-0.1, -0.05) is 94.3 Å². The fourth-order valence-corrected chi connectivity index (χ4v) is 6.43. The van der Waals surface area contributed by atoms with Gasteiger partial charge in [0.15, 0.2) is 0 Å². The number of carbonyl (C=O) groups is 2. The van der Waals surface area contributed by atoms with Crippen molar-refractivity contribution in [3.8, 4) is 0 Å². The fourth-order valence-electron chi connectivity index (χ4n) is 4.75. The smallest absolute Gasteiger partial charge is 0.264 e. The molecule has 0 aromatic heterocycles. The standard InChI is InChI=1S/C35H38BrN3O4S/c1-26-15-21-31(22-16-26)44(42,43)39(30-13-9-6-10-14-30)25-33(40)38(24-28-17-19-29(36)20-18-28)32(34(41)37-35(2,3)4)23-27-11-7-5-8-12-27/h5-22,32H,23-25H2,1-4H3,(H,37,41). The second-order valence-corrected chi connectivity index (χ2v) is 14.5. The van der Waals surface area contributed by atoms with Crippen LogP contribution in [0.5, 0.6) is 0 Å². The van der Waals surface area contributed by atoms with Gasteiger partial charge in [-0.15, -0.1) is 0 Å². The number of halogens is 1. The number of amides is 2. The number of aryl methyl sites for hydroxylation is 1. The Balaban J connectivity index is 1.79. The summed E-state index contributed by atoms with van der Waals surface area (Å²) in [6, 6.07) is 31.2. The molecule has 4 aromatic rings. The third-order valence-electron chi connectivity index (χ3n) is 6.97. The molecule has 1 unspecified atom stereocenters. The number of hydrogen-bond donors (Lipinski definition) is 1. The van der Waals surface area contributed by atoms with E-state index < -0.39 is 34.1 Å². The molecule has 0 spiro atoms. The number of sulfonamides is 1. The molecule has 1 N–H and O–H groups in total. The third kappa shape index (κ3) is 8.80. The van der Waals surface area contributed by atoms with Crippen molar-refractivity contribution in [2.45, 2.75) is 57.1 Å². The first-order valence-corrected chi connectivity index (χ1v) is 16.6. The zero-order valence-electron chi connectivity index (χ0n) is 25.4. The quantitative estimate of drug-likeness (QED) is 0.196. The van der Waals surface area contributed by atoms with E-state index >= 15 is 0 Å². The van der Waals surface area contributed by atoms with E-state index in [9.17, 15) is 18.0 Å². The summed E-state index contributed by atoms with van der Waals surface area (Å²) in [6.45, 7) is 7.15. The normalized spacial score (nSPS) is 12.3. The molecular formula is C35H38BrN3O4S. The van der Waals surface area contributed by atoms with Crippen LogP contribution in [0.25, 0.3) is 0 Å². The molecule has 4 rings (SSSR count). The molecule has 7 nitrogen and oxygen atoms in total. The van der Waals surface area contributed by atoms with E-state index in [2.05, 4.69) is 21.2 Å². The van der Waals surface area contributed by atoms with Crippen LogP contribution < -0.4 is 9.62 Å². The molecule has 0 saturated carbocycles. The molecule has 230 valence electrons. The van der Waals surface area contributed by atoms with Crippen LogP contribution in [0, 0.1) is 6.92 Å². The van der Waals surface area contributed by atoms with Crippen LogP contribution in [0.15, 0.2) is 119 Å². The van der Waals surface area contributed by atoms with Crippen molar-refractivity contribution in [3.63, 3.8) is 0 Å². The van der Waals surface area contributed by atoms with Crippen molar-refractivity contribution in [3.05, 3.63) is 130 Å². The average molecular weight is 677 g/mol. The minimum atomic E-state index is -4.13. The molecule has 0 radical (unpaired) electrons. The number of anilines is 1.